The molecule has 2 heterocycles. The molecule has 4 rings (SSSR count). The lowest BCUT2D eigenvalue weighted by molar-refractivity contribution is 0.0342. The molecule has 0 bridgehead atoms. The highest BCUT2D eigenvalue weighted by molar-refractivity contribution is 7.22. The van der Waals surface area contributed by atoms with Crippen LogP contribution in [0.2, 0.25) is 5.02 Å². The topological polar surface area (TPSA) is 54.5 Å². The first-order chi connectivity index (χ1) is 12.7. The number of aromatic nitrogens is 1. The fraction of sp³-hybridized carbons (Fsp3) is 0.263. The van der Waals surface area contributed by atoms with Gasteiger partial charge in [0, 0.05) is 30.2 Å². The van der Waals surface area contributed by atoms with E-state index in [-0.39, 0.29) is 5.91 Å². The maximum Gasteiger partial charge on any atom is 0.257 e. The summed E-state index contributed by atoms with van der Waals surface area (Å²) in [5.41, 5.74) is 2.64. The number of anilines is 1. The number of hydrogen-bond donors (Lipinski definition) is 1. The first-order valence-corrected chi connectivity index (χ1v) is 9.63. The third-order valence-electron chi connectivity index (χ3n) is 4.30. The zero-order chi connectivity index (χ0) is 17.9. The molecule has 26 heavy (non-hydrogen) atoms. The Morgan fingerprint density at radius 1 is 1.19 bits per heavy atom. The van der Waals surface area contributed by atoms with Gasteiger partial charge in [0.1, 0.15) is 0 Å². The van der Waals surface area contributed by atoms with Crippen molar-refractivity contribution >= 4 is 44.2 Å². The molecule has 1 amide bonds. The molecule has 1 fully saturated rings. The minimum atomic E-state index is -0.159. The number of nitrogens with zero attached hydrogens (tertiary/aromatic N) is 2. The number of carbonyl (C=O) groups excluding carboxylic acids is 1. The maximum absolute atomic E-state index is 12.5. The van der Waals surface area contributed by atoms with Crippen molar-refractivity contribution in [2.45, 2.75) is 6.54 Å². The van der Waals surface area contributed by atoms with Gasteiger partial charge in [-0.2, -0.15) is 0 Å². The Kier molecular flexibility index (Phi) is 5.17. The third-order valence-corrected chi connectivity index (χ3v) is 5.47. The molecule has 3 aromatic rings. The van der Waals surface area contributed by atoms with Crippen molar-refractivity contribution < 1.29 is 9.53 Å². The number of benzene rings is 2. The van der Waals surface area contributed by atoms with Gasteiger partial charge in [0.25, 0.3) is 5.91 Å². The number of rotatable bonds is 4. The Hall–Kier alpha value is -1.99. The van der Waals surface area contributed by atoms with Crippen molar-refractivity contribution in [3.63, 3.8) is 0 Å². The molecule has 0 spiro atoms. The van der Waals surface area contributed by atoms with Crippen molar-refractivity contribution in [3.8, 4) is 0 Å². The Bertz CT molecular complexity index is 920. The van der Waals surface area contributed by atoms with Crippen molar-refractivity contribution in [1.29, 1.82) is 0 Å². The lowest BCUT2D eigenvalue weighted by Crippen LogP contribution is -2.35. The molecule has 0 radical (unpaired) electrons. The summed E-state index contributed by atoms with van der Waals surface area (Å²) >= 11 is 7.41. The minimum Gasteiger partial charge on any atom is -0.379 e. The van der Waals surface area contributed by atoms with Crippen LogP contribution in [0.3, 0.4) is 0 Å². The van der Waals surface area contributed by atoms with Crippen LogP contribution in [0.1, 0.15) is 15.9 Å². The number of carbonyl (C=O) groups is 1. The molecule has 1 saturated heterocycles. The van der Waals surface area contributed by atoms with Gasteiger partial charge >= 0.3 is 0 Å². The number of ether oxygens (including phenoxy) is 1. The van der Waals surface area contributed by atoms with Crippen LogP contribution < -0.4 is 5.32 Å². The van der Waals surface area contributed by atoms with E-state index in [2.05, 4.69) is 15.2 Å². The largest absolute Gasteiger partial charge is 0.379 e. The van der Waals surface area contributed by atoms with E-state index in [1.165, 1.54) is 16.9 Å². The van der Waals surface area contributed by atoms with E-state index >= 15 is 0 Å². The molecular weight excluding hydrogens is 370 g/mol. The fourth-order valence-corrected chi connectivity index (χ4v) is 4.04. The lowest BCUT2D eigenvalue weighted by atomic mass is 10.1. The van der Waals surface area contributed by atoms with Crippen LogP contribution >= 0.6 is 22.9 Å². The predicted molar refractivity (Wildman–Crippen MR) is 105 cm³/mol. The second-order valence-electron chi connectivity index (χ2n) is 6.17. The third kappa shape index (κ3) is 4.04. The van der Waals surface area contributed by atoms with Crippen LogP contribution in [-0.4, -0.2) is 42.1 Å². The second kappa shape index (κ2) is 7.72. The van der Waals surface area contributed by atoms with Gasteiger partial charge in [-0.05, 0) is 35.9 Å². The Morgan fingerprint density at radius 2 is 1.96 bits per heavy atom. The fourth-order valence-electron chi connectivity index (χ4n) is 2.90. The molecular formula is C19H18ClN3O2S. The highest BCUT2D eigenvalue weighted by Crippen LogP contribution is 2.28. The van der Waals surface area contributed by atoms with E-state index in [0.29, 0.717) is 15.7 Å². The average molecular weight is 388 g/mol. The number of nitrogens with one attached hydrogen (secondary N) is 1. The van der Waals surface area contributed by atoms with Gasteiger partial charge in [0.15, 0.2) is 5.13 Å². The van der Waals surface area contributed by atoms with E-state index in [1.54, 1.807) is 6.07 Å². The highest BCUT2D eigenvalue weighted by atomic mass is 35.5. The van der Waals surface area contributed by atoms with Gasteiger partial charge in [-0.3, -0.25) is 15.0 Å². The van der Waals surface area contributed by atoms with E-state index in [9.17, 15) is 4.79 Å². The standard InChI is InChI=1S/C19H18ClN3O2S/c20-15-5-6-16-17(11-15)26-19(21-16)22-18(24)14-3-1-13(2-4-14)12-23-7-9-25-10-8-23/h1-6,11H,7-10,12H2,(H,21,22,24). The second-order valence-corrected chi connectivity index (χ2v) is 7.64. The van der Waals surface area contributed by atoms with Crippen molar-refractivity contribution in [2.75, 3.05) is 31.6 Å². The average Bonchev–Trinajstić information content (AvgIpc) is 3.04. The molecule has 7 heteroatoms. The SMILES string of the molecule is O=C(Nc1nc2ccc(Cl)cc2s1)c1ccc(CN2CCOCC2)cc1. The summed E-state index contributed by atoms with van der Waals surface area (Å²) in [5, 5.41) is 4.10. The number of morpholine rings is 1. The normalized spacial score (nSPS) is 15.3. The first-order valence-electron chi connectivity index (χ1n) is 8.44. The number of hydrogen-bond acceptors (Lipinski definition) is 5. The Labute approximate surface area is 160 Å². The number of fused-ring (bicyclic) bond motifs is 1. The predicted octanol–water partition coefficient (Wildman–Crippen LogP) is 4.03. The zero-order valence-electron chi connectivity index (χ0n) is 14.1. The Morgan fingerprint density at radius 3 is 2.73 bits per heavy atom. The zero-order valence-corrected chi connectivity index (χ0v) is 15.6. The lowest BCUT2D eigenvalue weighted by Gasteiger charge is -2.26. The van der Waals surface area contributed by atoms with Crippen LogP contribution in [-0.2, 0) is 11.3 Å². The smallest absolute Gasteiger partial charge is 0.257 e. The van der Waals surface area contributed by atoms with E-state index < -0.39 is 0 Å². The Balaban J connectivity index is 1.42. The molecule has 1 aromatic heterocycles. The van der Waals surface area contributed by atoms with Crippen LogP contribution in [0.5, 0.6) is 0 Å². The van der Waals surface area contributed by atoms with E-state index in [4.69, 9.17) is 16.3 Å². The monoisotopic (exact) mass is 387 g/mol. The number of thiazole rings is 1. The summed E-state index contributed by atoms with van der Waals surface area (Å²) < 4.78 is 6.32. The van der Waals surface area contributed by atoms with Crippen molar-refractivity contribution in [2.24, 2.45) is 0 Å². The summed E-state index contributed by atoms with van der Waals surface area (Å²) in [6.45, 7) is 4.35. The number of amides is 1. The molecule has 2 aromatic carbocycles. The summed E-state index contributed by atoms with van der Waals surface area (Å²) in [4.78, 5) is 19.2. The first kappa shape index (κ1) is 17.4. The van der Waals surface area contributed by atoms with Gasteiger partial charge in [0.05, 0.1) is 23.4 Å². The molecule has 0 atom stereocenters. The molecule has 1 aliphatic heterocycles. The van der Waals surface area contributed by atoms with Gasteiger partial charge < -0.3 is 4.74 Å². The van der Waals surface area contributed by atoms with Crippen LogP contribution in [0.15, 0.2) is 42.5 Å². The molecule has 1 aliphatic rings. The molecule has 0 unspecified atom stereocenters. The van der Waals surface area contributed by atoms with Gasteiger partial charge in [-0.15, -0.1) is 0 Å². The summed E-state index contributed by atoms with van der Waals surface area (Å²) in [7, 11) is 0. The molecule has 134 valence electrons. The van der Waals surface area contributed by atoms with Gasteiger partial charge in [-0.1, -0.05) is 35.1 Å². The maximum atomic E-state index is 12.5. The van der Waals surface area contributed by atoms with Crippen LogP contribution in [0.4, 0.5) is 5.13 Å². The van der Waals surface area contributed by atoms with E-state index in [0.717, 1.165) is 43.1 Å². The van der Waals surface area contributed by atoms with Gasteiger partial charge in [0.2, 0.25) is 0 Å². The van der Waals surface area contributed by atoms with Gasteiger partial charge in [-0.25, -0.2) is 4.98 Å². The summed E-state index contributed by atoms with van der Waals surface area (Å²) in [6, 6.07) is 13.2. The minimum absolute atomic E-state index is 0.159. The van der Waals surface area contributed by atoms with Crippen LogP contribution in [0.25, 0.3) is 10.2 Å². The molecule has 0 saturated carbocycles. The van der Waals surface area contributed by atoms with E-state index in [1.807, 2.05) is 36.4 Å². The molecule has 0 aliphatic carbocycles. The molecule has 5 nitrogen and oxygen atoms in total. The van der Waals surface area contributed by atoms with Crippen molar-refractivity contribution in [3.05, 3.63) is 58.6 Å². The summed E-state index contributed by atoms with van der Waals surface area (Å²) in [5.74, 6) is -0.159. The molecule has 1 N–H and O–H groups in total. The van der Waals surface area contributed by atoms with Crippen molar-refractivity contribution in [1.82, 2.24) is 9.88 Å². The summed E-state index contributed by atoms with van der Waals surface area (Å²) in [6.07, 6.45) is 0. The quantitative estimate of drug-likeness (QED) is 0.734. The highest BCUT2D eigenvalue weighted by Gasteiger charge is 2.13. The van der Waals surface area contributed by atoms with Crippen LogP contribution in [0, 0.1) is 0 Å². The number of halogens is 1.